The molecular formula is C12H14ClNO2S2. The van der Waals surface area contributed by atoms with Gasteiger partial charge >= 0.3 is 0 Å². The summed E-state index contributed by atoms with van der Waals surface area (Å²) in [5, 5.41) is 0.762. The number of hydrogen-bond donors (Lipinski definition) is 0. The molecule has 0 radical (unpaired) electrons. The zero-order chi connectivity index (χ0) is 13.3. The van der Waals surface area contributed by atoms with E-state index in [1.807, 2.05) is 31.2 Å². The average molecular weight is 304 g/mol. The number of sulfonamides is 1. The largest absolute Gasteiger partial charge is 0.244 e. The van der Waals surface area contributed by atoms with Crippen LogP contribution in [0.3, 0.4) is 0 Å². The summed E-state index contributed by atoms with van der Waals surface area (Å²) < 4.78 is 27.3. The fourth-order valence-corrected chi connectivity index (χ4v) is 5.07. The van der Waals surface area contributed by atoms with Crippen molar-refractivity contribution in [2.75, 3.05) is 13.6 Å². The van der Waals surface area contributed by atoms with Crippen LogP contribution >= 0.6 is 22.9 Å². The van der Waals surface area contributed by atoms with Crippen molar-refractivity contribution in [2.45, 2.75) is 17.7 Å². The third-order valence-corrected chi connectivity index (χ3v) is 6.64. The summed E-state index contributed by atoms with van der Waals surface area (Å²) in [4.78, 5) is 1.07. The number of benzene rings is 1. The van der Waals surface area contributed by atoms with Crippen molar-refractivity contribution in [3.63, 3.8) is 0 Å². The molecule has 3 nitrogen and oxygen atoms in total. The zero-order valence-electron chi connectivity index (χ0n) is 10.2. The summed E-state index contributed by atoms with van der Waals surface area (Å²) >= 11 is 7.33. The van der Waals surface area contributed by atoms with E-state index in [1.54, 1.807) is 7.05 Å². The highest BCUT2D eigenvalue weighted by molar-refractivity contribution is 7.89. The summed E-state index contributed by atoms with van der Waals surface area (Å²) in [6.45, 7) is 2.25. The Kier molecular flexibility index (Phi) is 3.96. The van der Waals surface area contributed by atoms with Crippen LogP contribution < -0.4 is 0 Å². The van der Waals surface area contributed by atoms with Gasteiger partial charge in [-0.2, -0.15) is 0 Å². The van der Waals surface area contributed by atoms with Gasteiger partial charge in [-0.1, -0.05) is 25.1 Å². The Hall–Kier alpha value is -0.620. The molecule has 0 fully saturated rings. The van der Waals surface area contributed by atoms with Crippen LogP contribution in [0.5, 0.6) is 0 Å². The van der Waals surface area contributed by atoms with Crippen LogP contribution in [-0.2, 0) is 15.9 Å². The number of nitrogens with zero attached hydrogens (tertiary/aromatic N) is 1. The maximum absolute atomic E-state index is 12.5. The van der Waals surface area contributed by atoms with Crippen LogP contribution in [0, 0.1) is 0 Å². The van der Waals surface area contributed by atoms with Crippen molar-refractivity contribution in [1.29, 1.82) is 0 Å². The van der Waals surface area contributed by atoms with Gasteiger partial charge in [0.15, 0.2) is 0 Å². The molecule has 18 heavy (non-hydrogen) atoms. The Bertz CT molecular complexity index is 664. The van der Waals surface area contributed by atoms with Gasteiger partial charge in [-0.05, 0) is 6.07 Å². The van der Waals surface area contributed by atoms with Crippen molar-refractivity contribution >= 4 is 43.0 Å². The Labute approximate surface area is 116 Å². The highest BCUT2D eigenvalue weighted by atomic mass is 35.5. The molecular weight excluding hydrogens is 290 g/mol. The van der Waals surface area contributed by atoms with Gasteiger partial charge in [0.25, 0.3) is 0 Å². The topological polar surface area (TPSA) is 37.4 Å². The van der Waals surface area contributed by atoms with E-state index in [2.05, 4.69) is 0 Å². The minimum Gasteiger partial charge on any atom is -0.207 e. The molecule has 1 aromatic carbocycles. The quantitative estimate of drug-likeness (QED) is 0.813. The smallest absolute Gasteiger partial charge is 0.207 e. The molecule has 0 saturated carbocycles. The molecule has 0 aliphatic carbocycles. The molecule has 98 valence electrons. The van der Waals surface area contributed by atoms with E-state index in [0.717, 1.165) is 10.1 Å². The molecule has 0 spiro atoms. The molecule has 2 aromatic rings. The van der Waals surface area contributed by atoms with E-state index in [-0.39, 0.29) is 5.88 Å². The van der Waals surface area contributed by atoms with Crippen molar-refractivity contribution in [1.82, 2.24) is 4.31 Å². The second-order valence-corrected chi connectivity index (χ2v) is 7.29. The fraction of sp³-hybridized carbons (Fsp3) is 0.333. The fourth-order valence-electron chi connectivity index (χ4n) is 1.77. The lowest BCUT2D eigenvalue weighted by Gasteiger charge is -2.15. The van der Waals surface area contributed by atoms with Crippen molar-refractivity contribution < 1.29 is 8.42 Å². The van der Waals surface area contributed by atoms with Gasteiger partial charge in [0.2, 0.25) is 10.0 Å². The minimum absolute atomic E-state index is 0.214. The number of halogens is 1. The van der Waals surface area contributed by atoms with E-state index < -0.39 is 10.0 Å². The number of rotatable bonds is 4. The number of alkyl halides is 1. The number of thiophene rings is 1. The highest BCUT2D eigenvalue weighted by Gasteiger charge is 2.27. The molecule has 0 unspecified atom stereocenters. The molecule has 2 rings (SSSR count). The molecule has 6 heteroatoms. The first-order chi connectivity index (χ1) is 8.52. The third-order valence-electron chi connectivity index (χ3n) is 2.85. The van der Waals surface area contributed by atoms with Crippen LogP contribution in [0.4, 0.5) is 0 Å². The molecule has 0 saturated heterocycles. The van der Waals surface area contributed by atoms with Crippen LogP contribution in [0.2, 0.25) is 0 Å². The standard InChI is InChI=1S/C12H14ClNO2S2/c1-3-14(2)18(15,16)12-9-6-4-5-7-10(9)17-11(12)8-13/h4-7H,3,8H2,1-2H3. The Morgan fingerprint density at radius 1 is 1.33 bits per heavy atom. The van der Waals surface area contributed by atoms with Crippen LogP contribution in [0.15, 0.2) is 29.2 Å². The third kappa shape index (κ3) is 2.16. The molecule has 0 aliphatic rings. The SMILES string of the molecule is CCN(C)S(=O)(=O)c1c(CCl)sc2ccccc12. The summed E-state index contributed by atoms with van der Waals surface area (Å²) in [6.07, 6.45) is 0. The van der Waals surface area contributed by atoms with E-state index in [4.69, 9.17) is 11.6 Å². The number of fused-ring (bicyclic) bond motifs is 1. The first-order valence-electron chi connectivity index (χ1n) is 5.55. The Morgan fingerprint density at radius 2 is 2.00 bits per heavy atom. The van der Waals surface area contributed by atoms with E-state index >= 15 is 0 Å². The van der Waals surface area contributed by atoms with Crippen LogP contribution in [-0.4, -0.2) is 26.3 Å². The van der Waals surface area contributed by atoms with Crippen molar-refractivity contribution in [3.8, 4) is 0 Å². The average Bonchev–Trinajstić information content (AvgIpc) is 2.76. The van der Waals surface area contributed by atoms with E-state index in [9.17, 15) is 8.42 Å². The number of hydrogen-bond acceptors (Lipinski definition) is 3. The molecule has 0 amide bonds. The summed E-state index contributed by atoms with van der Waals surface area (Å²) in [7, 11) is -1.87. The second-order valence-electron chi connectivity index (χ2n) is 3.90. The molecule has 0 bridgehead atoms. The molecule has 0 N–H and O–H groups in total. The molecule has 1 heterocycles. The van der Waals surface area contributed by atoms with E-state index in [1.165, 1.54) is 15.6 Å². The Morgan fingerprint density at radius 3 is 2.61 bits per heavy atom. The first-order valence-corrected chi connectivity index (χ1v) is 8.34. The zero-order valence-corrected chi connectivity index (χ0v) is 12.6. The van der Waals surface area contributed by atoms with Gasteiger partial charge in [0.1, 0.15) is 4.90 Å². The maximum Gasteiger partial charge on any atom is 0.244 e. The van der Waals surface area contributed by atoms with Gasteiger partial charge in [-0.15, -0.1) is 22.9 Å². The maximum atomic E-state index is 12.5. The second kappa shape index (κ2) is 5.17. The van der Waals surface area contributed by atoms with Gasteiger partial charge in [-0.3, -0.25) is 0 Å². The van der Waals surface area contributed by atoms with Crippen molar-refractivity contribution in [2.24, 2.45) is 0 Å². The minimum atomic E-state index is -3.46. The lowest BCUT2D eigenvalue weighted by Crippen LogP contribution is -2.26. The normalized spacial score (nSPS) is 12.4. The van der Waals surface area contributed by atoms with Gasteiger partial charge in [-0.25, -0.2) is 12.7 Å². The predicted octanol–water partition coefficient (Wildman–Crippen LogP) is 3.28. The van der Waals surface area contributed by atoms with E-state index in [0.29, 0.717) is 16.3 Å². The summed E-state index contributed by atoms with van der Waals surface area (Å²) in [5.74, 6) is 0.214. The molecule has 0 atom stereocenters. The van der Waals surface area contributed by atoms with Crippen LogP contribution in [0.1, 0.15) is 11.8 Å². The van der Waals surface area contributed by atoms with Gasteiger partial charge in [0.05, 0.1) is 5.88 Å². The summed E-state index contributed by atoms with van der Waals surface area (Å²) in [5.41, 5.74) is 0. The van der Waals surface area contributed by atoms with Gasteiger partial charge < -0.3 is 0 Å². The first kappa shape index (κ1) is 13.8. The lowest BCUT2D eigenvalue weighted by molar-refractivity contribution is 0.487. The van der Waals surface area contributed by atoms with Crippen molar-refractivity contribution in [3.05, 3.63) is 29.1 Å². The van der Waals surface area contributed by atoms with Crippen LogP contribution in [0.25, 0.3) is 10.1 Å². The molecule has 0 aliphatic heterocycles. The summed E-state index contributed by atoms with van der Waals surface area (Å²) in [6, 6.07) is 7.49. The predicted molar refractivity (Wildman–Crippen MR) is 76.9 cm³/mol. The van der Waals surface area contributed by atoms with Gasteiger partial charge in [0, 0.05) is 28.6 Å². The highest BCUT2D eigenvalue weighted by Crippen LogP contribution is 2.36. The molecule has 1 aromatic heterocycles. The Balaban J connectivity index is 2.77. The monoisotopic (exact) mass is 303 g/mol. The lowest BCUT2D eigenvalue weighted by atomic mass is 10.2.